The number of halogens is 1. The van der Waals surface area contributed by atoms with Crippen molar-refractivity contribution >= 4 is 32.7 Å². The molecule has 9 heteroatoms. The van der Waals surface area contributed by atoms with Crippen LogP contribution in [-0.2, 0) is 21.2 Å². The molecule has 0 aliphatic rings. The summed E-state index contributed by atoms with van der Waals surface area (Å²) in [6.45, 7) is 0. The van der Waals surface area contributed by atoms with E-state index in [4.69, 9.17) is 0 Å². The Morgan fingerprint density at radius 2 is 1.75 bits per heavy atom. The molecule has 0 unspecified atom stereocenters. The molecule has 0 bridgehead atoms. The molecule has 32 heavy (non-hydrogen) atoms. The van der Waals surface area contributed by atoms with Crippen LogP contribution in [0, 0.1) is 5.82 Å². The van der Waals surface area contributed by atoms with E-state index in [9.17, 15) is 17.6 Å². The van der Waals surface area contributed by atoms with Crippen molar-refractivity contribution in [1.29, 1.82) is 0 Å². The van der Waals surface area contributed by atoms with Gasteiger partial charge in [-0.3, -0.25) is 4.79 Å². The fourth-order valence-corrected chi connectivity index (χ4v) is 4.00. The molecule has 7 nitrogen and oxygen atoms in total. The molecule has 0 saturated heterocycles. The van der Waals surface area contributed by atoms with E-state index in [2.05, 4.69) is 20.0 Å². The number of fused-ring (bicyclic) bond motifs is 1. The molecule has 1 heterocycles. The van der Waals surface area contributed by atoms with Gasteiger partial charge in [-0.25, -0.2) is 22.5 Å². The third kappa shape index (κ3) is 4.84. The van der Waals surface area contributed by atoms with Gasteiger partial charge in [0.2, 0.25) is 15.9 Å². The molecule has 164 valence electrons. The van der Waals surface area contributed by atoms with Crippen LogP contribution >= 0.6 is 0 Å². The van der Waals surface area contributed by atoms with Crippen molar-refractivity contribution in [2.45, 2.75) is 17.7 Å². The summed E-state index contributed by atoms with van der Waals surface area (Å²) >= 11 is 0. The van der Waals surface area contributed by atoms with Gasteiger partial charge in [-0.15, -0.1) is 0 Å². The van der Waals surface area contributed by atoms with Crippen LogP contribution in [0.1, 0.15) is 12.0 Å². The van der Waals surface area contributed by atoms with Crippen molar-refractivity contribution in [3.8, 4) is 11.4 Å². The third-order valence-corrected chi connectivity index (χ3v) is 6.46. The van der Waals surface area contributed by atoms with E-state index >= 15 is 0 Å². The number of nitrogens with zero attached hydrogens (tertiary/aromatic N) is 1. The highest BCUT2D eigenvalue weighted by atomic mass is 32.2. The predicted octanol–water partition coefficient (Wildman–Crippen LogP) is 3.85. The van der Waals surface area contributed by atoms with Gasteiger partial charge >= 0.3 is 0 Å². The van der Waals surface area contributed by atoms with Crippen LogP contribution in [-0.4, -0.2) is 31.3 Å². The number of H-pyrrole nitrogens is 1. The number of carbonyl (C=O) groups excluding carboxylic acids is 1. The second-order valence-corrected chi connectivity index (χ2v) is 9.11. The summed E-state index contributed by atoms with van der Waals surface area (Å²) in [5.74, 6) is 0.149. The molecule has 4 rings (SSSR count). The number of anilines is 1. The van der Waals surface area contributed by atoms with Gasteiger partial charge < -0.3 is 10.3 Å². The molecule has 0 aliphatic carbocycles. The number of hydrogen-bond acceptors (Lipinski definition) is 4. The van der Waals surface area contributed by atoms with E-state index in [0.717, 1.165) is 22.2 Å². The molecule has 4 aromatic rings. The lowest BCUT2D eigenvalue weighted by Gasteiger charge is -2.07. The molecule has 3 N–H and O–H groups in total. The van der Waals surface area contributed by atoms with E-state index in [1.54, 1.807) is 42.5 Å². The van der Waals surface area contributed by atoms with Gasteiger partial charge in [0.1, 0.15) is 11.6 Å². The van der Waals surface area contributed by atoms with Crippen LogP contribution < -0.4 is 10.0 Å². The predicted molar refractivity (Wildman–Crippen MR) is 121 cm³/mol. The molecule has 0 radical (unpaired) electrons. The van der Waals surface area contributed by atoms with Crippen LogP contribution in [0.2, 0.25) is 0 Å². The summed E-state index contributed by atoms with van der Waals surface area (Å²) in [6.07, 6.45) is 0.729. The topological polar surface area (TPSA) is 104 Å². The lowest BCUT2D eigenvalue weighted by molar-refractivity contribution is -0.116. The third-order valence-electron chi connectivity index (χ3n) is 5.03. The standard InChI is InChI=1S/C23H21FN4O3S/c1-25-32(30,31)19-10-2-15(3-11-19)4-13-22(29)26-18-9-12-20-21(14-18)28-23(27-20)16-5-7-17(24)8-6-16/h2-3,5-12,14,25H,4,13H2,1H3,(H,26,29)(H,27,28). The Hall–Kier alpha value is -3.56. The zero-order chi connectivity index (χ0) is 22.7. The zero-order valence-electron chi connectivity index (χ0n) is 17.2. The first-order valence-electron chi connectivity index (χ1n) is 9.92. The molecule has 1 amide bonds. The van der Waals surface area contributed by atoms with Crippen LogP contribution in [0.25, 0.3) is 22.4 Å². The van der Waals surface area contributed by atoms with Crippen molar-refractivity contribution in [2.75, 3.05) is 12.4 Å². The van der Waals surface area contributed by atoms with E-state index in [1.165, 1.54) is 31.3 Å². The highest BCUT2D eigenvalue weighted by Crippen LogP contribution is 2.23. The molecule has 0 fully saturated rings. The summed E-state index contributed by atoms with van der Waals surface area (Å²) in [5, 5.41) is 2.86. The summed E-state index contributed by atoms with van der Waals surface area (Å²) in [7, 11) is -2.12. The number of imidazole rings is 1. The average Bonchev–Trinajstić information content (AvgIpc) is 3.22. The van der Waals surface area contributed by atoms with Gasteiger partial charge in [-0.1, -0.05) is 12.1 Å². The fraction of sp³-hybridized carbons (Fsp3) is 0.130. The molecular formula is C23H21FN4O3S. The second-order valence-electron chi connectivity index (χ2n) is 7.22. The van der Waals surface area contributed by atoms with Crippen molar-refractivity contribution in [3.63, 3.8) is 0 Å². The smallest absolute Gasteiger partial charge is 0.240 e. The summed E-state index contributed by atoms with van der Waals surface area (Å²) < 4.78 is 38.9. The summed E-state index contributed by atoms with van der Waals surface area (Å²) in [4.78, 5) is 20.2. The van der Waals surface area contributed by atoms with Crippen molar-refractivity contribution in [2.24, 2.45) is 0 Å². The molecule has 0 saturated carbocycles. The molecular weight excluding hydrogens is 431 g/mol. The molecule has 0 atom stereocenters. The van der Waals surface area contributed by atoms with Crippen molar-refractivity contribution in [1.82, 2.24) is 14.7 Å². The Bertz CT molecular complexity index is 1360. The van der Waals surface area contributed by atoms with E-state index in [0.29, 0.717) is 17.9 Å². The Morgan fingerprint density at radius 3 is 2.44 bits per heavy atom. The lowest BCUT2D eigenvalue weighted by Crippen LogP contribution is -2.18. The highest BCUT2D eigenvalue weighted by Gasteiger charge is 2.11. The summed E-state index contributed by atoms with van der Waals surface area (Å²) in [6, 6.07) is 17.9. The number of aromatic nitrogens is 2. The first kappa shape index (κ1) is 21.7. The maximum absolute atomic E-state index is 13.1. The van der Waals surface area contributed by atoms with Crippen molar-refractivity contribution in [3.05, 3.63) is 78.1 Å². The molecule has 3 aromatic carbocycles. The molecule has 0 spiro atoms. The number of carbonyl (C=O) groups is 1. The monoisotopic (exact) mass is 452 g/mol. The minimum atomic E-state index is -3.48. The first-order chi connectivity index (χ1) is 15.3. The average molecular weight is 453 g/mol. The van der Waals surface area contributed by atoms with E-state index < -0.39 is 10.0 Å². The number of aryl methyl sites for hydroxylation is 1. The van der Waals surface area contributed by atoms with Crippen LogP contribution in [0.3, 0.4) is 0 Å². The molecule has 0 aliphatic heterocycles. The minimum absolute atomic E-state index is 0.158. The fourth-order valence-electron chi connectivity index (χ4n) is 3.27. The SMILES string of the molecule is CNS(=O)(=O)c1ccc(CCC(=O)Nc2ccc3nc(-c4ccc(F)cc4)[nH]c3c2)cc1. The van der Waals surface area contributed by atoms with Crippen molar-refractivity contribution < 1.29 is 17.6 Å². The largest absolute Gasteiger partial charge is 0.338 e. The minimum Gasteiger partial charge on any atom is -0.338 e. The first-order valence-corrected chi connectivity index (χ1v) is 11.4. The van der Waals surface area contributed by atoms with Gasteiger partial charge in [0.05, 0.1) is 15.9 Å². The van der Waals surface area contributed by atoms with Crippen LogP contribution in [0.4, 0.5) is 10.1 Å². The van der Waals surface area contributed by atoms with Crippen LogP contribution in [0.5, 0.6) is 0 Å². The van der Waals surface area contributed by atoms with Crippen LogP contribution in [0.15, 0.2) is 71.6 Å². The summed E-state index contributed by atoms with van der Waals surface area (Å²) in [5.41, 5.74) is 3.75. The number of sulfonamides is 1. The van der Waals surface area contributed by atoms with E-state index in [-0.39, 0.29) is 23.0 Å². The second kappa shape index (κ2) is 8.89. The number of rotatable bonds is 7. The maximum Gasteiger partial charge on any atom is 0.240 e. The van der Waals surface area contributed by atoms with Gasteiger partial charge in [-0.05, 0) is 73.6 Å². The zero-order valence-corrected chi connectivity index (χ0v) is 18.0. The Labute approximate surface area is 184 Å². The Kier molecular flexibility index (Phi) is 6.02. The number of amides is 1. The quantitative estimate of drug-likeness (QED) is 0.396. The van der Waals surface area contributed by atoms with E-state index in [1.807, 2.05) is 0 Å². The number of aromatic amines is 1. The Balaban J connectivity index is 1.39. The van der Waals surface area contributed by atoms with Gasteiger partial charge in [0.25, 0.3) is 0 Å². The number of hydrogen-bond donors (Lipinski definition) is 3. The van der Waals surface area contributed by atoms with Gasteiger partial charge in [0.15, 0.2) is 0 Å². The molecule has 1 aromatic heterocycles. The maximum atomic E-state index is 13.1. The Morgan fingerprint density at radius 1 is 1.03 bits per heavy atom. The van der Waals surface area contributed by atoms with Gasteiger partial charge in [0, 0.05) is 17.7 Å². The number of benzene rings is 3. The lowest BCUT2D eigenvalue weighted by atomic mass is 10.1. The van der Waals surface area contributed by atoms with Gasteiger partial charge in [-0.2, -0.15) is 0 Å². The normalized spacial score (nSPS) is 11.6. The highest BCUT2D eigenvalue weighted by molar-refractivity contribution is 7.89. The number of nitrogens with one attached hydrogen (secondary N) is 3.